The van der Waals surface area contributed by atoms with E-state index in [1.54, 1.807) is 0 Å². The summed E-state index contributed by atoms with van der Waals surface area (Å²) in [5.74, 6) is 0. The number of benzene rings is 6. The minimum Gasteiger partial charge on any atom is -0.366 e. The van der Waals surface area contributed by atoms with Crippen LogP contribution in [0.15, 0.2) is 152 Å². The fraction of sp³-hybridized carbons (Fsp3) is 0.0500. The first-order valence-electron chi connectivity index (χ1n) is 15.1. The van der Waals surface area contributed by atoms with Gasteiger partial charge >= 0.3 is 0 Å². The summed E-state index contributed by atoms with van der Waals surface area (Å²) in [4.78, 5) is 0. The van der Waals surface area contributed by atoms with Crippen LogP contribution in [0.2, 0.25) is 0 Å². The summed E-state index contributed by atoms with van der Waals surface area (Å²) in [5.41, 5.74) is 8.41. The lowest BCUT2D eigenvalue weighted by Crippen LogP contribution is -2.39. The average Bonchev–Trinajstić information content (AvgIpc) is 3.64. The van der Waals surface area contributed by atoms with E-state index in [0.29, 0.717) is 0 Å². The van der Waals surface area contributed by atoms with Crippen molar-refractivity contribution in [3.05, 3.63) is 168 Å². The molecule has 44 heavy (non-hydrogen) atoms. The van der Waals surface area contributed by atoms with E-state index in [1.807, 2.05) is 11.3 Å². The Balaban J connectivity index is 1.24. The van der Waals surface area contributed by atoms with Crippen LogP contribution < -0.4 is 10.6 Å². The number of hydrogen-bond donors (Lipinski definition) is 2. The molecule has 1 aliphatic heterocycles. The van der Waals surface area contributed by atoms with Gasteiger partial charge in [0.05, 0.1) is 17.1 Å². The Bertz CT molecular complexity index is 2350. The van der Waals surface area contributed by atoms with Crippen LogP contribution in [0.4, 0.5) is 0 Å². The monoisotopic (exact) mass is 583 g/mol. The van der Waals surface area contributed by atoms with Crippen LogP contribution in [0.25, 0.3) is 53.4 Å². The number of para-hydroxylation sites is 1. The van der Waals surface area contributed by atoms with Crippen LogP contribution in [-0.2, 0) is 0 Å². The lowest BCUT2D eigenvalue weighted by atomic mass is 9.97. The highest BCUT2D eigenvalue weighted by Gasteiger charge is 2.27. The van der Waals surface area contributed by atoms with Crippen LogP contribution in [0.1, 0.15) is 28.9 Å². The first-order valence-corrected chi connectivity index (χ1v) is 15.9. The van der Waals surface area contributed by atoms with Crippen LogP contribution in [0.3, 0.4) is 0 Å². The Kier molecular flexibility index (Phi) is 5.90. The Morgan fingerprint density at radius 2 is 1.27 bits per heavy atom. The molecular formula is C40H29N3S. The van der Waals surface area contributed by atoms with Gasteiger partial charge in [-0.25, -0.2) is 0 Å². The van der Waals surface area contributed by atoms with Crippen molar-refractivity contribution >= 4 is 59.0 Å². The molecule has 8 aromatic rings. The second kappa shape index (κ2) is 10.2. The van der Waals surface area contributed by atoms with E-state index < -0.39 is 0 Å². The predicted octanol–water partition coefficient (Wildman–Crippen LogP) is 10.1. The Labute approximate surface area is 259 Å². The number of nitrogens with zero attached hydrogens (tertiary/aromatic N) is 1. The number of aromatic nitrogens is 1. The molecule has 0 spiro atoms. The SMILES string of the molecule is C1=C(c2ccccc2)NC(c2cccc3c2c2ccccc2n3-c2ccc3sc4ccccc4c3c2)NC1c1ccccc1. The first kappa shape index (κ1) is 25.3. The van der Waals surface area contributed by atoms with Gasteiger partial charge in [-0.15, -0.1) is 11.3 Å². The van der Waals surface area contributed by atoms with Gasteiger partial charge in [0.25, 0.3) is 0 Å². The van der Waals surface area contributed by atoms with E-state index in [0.717, 1.165) is 5.70 Å². The zero-order valence-electron chi connectivity index (χ0n) is 23.9. The lowest BCUT2D eigenvalue weighted by Gasteiger charge is -2.33. The van der Waals surface area contributed by atoms with Crippen molar-refractivity contribution < 1.29 is 0 Å². The third-order valence-electron chi connectivity index (χ3n) is 8.88. The summed E-state index contributed by atoms with van der Waals surface area (Å²) in [6.45, 7) is 0. The van der Waals surface area contributed by atoms with Crippen LogP contribution in [0, 0.1) is 0 Å². The predicted molar refractivity (Wildman–Crippen MR) is 186 cm³/mol. The van der Waals surface area contributed by atoms with Gasteiger partial charge in [0.2, 0.25) is 0 Å². The second-order valence-corrected chi connectivity index (χ2v) is 12.5. The average molecular weight is 584 g/mol. The van der Waals surface area contributed by atoms with Gasteiger partial charge in [-0.2, -0.15) is 0 Å². The summed E-state index contributed by atoms with van der Waals surface area (Å²) in [7, 11) is 0. The number of rotatable bonds is 4. The van der Waals surface area contributed by atoms with Crippen molar-refractivity contribution in [2.45, 2.75) is 12.2 Å². The molecule has 2 unspecified atom stereocenters. The molecule has 9 rings (SSSR count). The van der Waals surface area contributed by atoms with E-state index in [1.165, 1.54) is 64.4 Å². The Hall–Kier alpha value is -5.16. The fourth-order valence-corrected chi connectivity index (χ4v) is 7.96. The normalized spacial score (nSPS) is 16.9. The van der Waals surface area contributed by atoms with E-state index in [9.17, 15) is 0 Å². The maximum Gasteiger partial charge on any atom is 0.105 e. The summed E-state index contributed by atoms with van der Waals surface area (Å²) in [6.07, 6.45) is 2.22. The highest BCUT2D eigenvalue weighted by molar-refractivity contribution is 7.25. The molecule has 0 radical (unpaired) electrons. The molecule has 0 saturated carbocycles. The van der Waals surface area contributed by atoms with E-state index in [-0.39, 0.29) is 12.2 Å². The highest BCUT2D eigenvalue weighted by atomic mass is 32.1. The standard InChI is InChI=1S/C40H29N3S/c1-3-12-26(13-4-1)33-25-34(27-14-5-2-6-15-27)42-40(41-33)31-18-11-20-36-39(31)30-17-7-9-19-35(30)43(36)28-22-23-38-32(24-28)29-16-8-10-21-37(29)44-38/h1-25,33,40-42H. The van der Waals surface area contributed by atoms with Gasteiger partial charge in [-0.1, -0.05) is 109 Å². The Morgan fingerprint density at radius 3 is 2.14 bits per heavy atom. The lowest BCUT2D eigenvalue weighted by molar-refractivity contribution is 0.445. The van der Waals surface area contributed by atoms with Crippen molar-refractivity contribution in [3.8, 4) is 5.69 Å². The van der Waals surface area contributed by atoms with Crippen molar-refractivity contribution in [2.24, 2.45) is 0 Å². The van der Waals surface area contributed by atoms with E-state index in [2.05, 4.69) is 167 Å². The molecule has 3 nitrogen and oxygen atoms in total. The largest absolute Gasteiger partial charge is 0.366 e. The van der Waals surface area contributed by atoms with Gasteiger partial charge in [0.15, 0.2) is 0 Å². The molecule has 6 aromatic carbocycles. The molecule has 210 valence electrons. The minimum absolute atomic E-state index is 0.0653. The smallest absolute Gasteiger partial charge is 0.105 e. The molecule has 0 saturated heterocycles. The van der Waals surface area contributed by atoms with Crippen molar-refractivity contribution in [1.29, 1.82) is 0 Å². The maximum atomic E-state index is 3.94. The number of fused-ring (bicyclic) bond motifs is 6. The molecule has 0 aliphatic carbocycles. The quantitative estimate of drug-likeness (QED) is 0.216. The summed E-state index contributed by atoms with van der Waals surface area (Å²) >= 11 is 1.86. The molecule has 2 N–H and O–H groups in total. The maximum absolute atomic E-state index is 3.94. The van der Waals surface area contributed by atoms with Crippen molar-refractivity contribution in [1.82, 2.24) is 15.2 Å². The van der Waals surface area contributed by atoms with Gasteiger partial charge in [0, 0.05) is 42.3 Å². The fourth-order valence-electron chi connectivity index (χ4n) is 6.88. The molecule has 0 bridgehead atoms. The van der Waals surface area contributed by atoms with Gasteiger partial charge < -0.3 is 9.88 Å². The highest BCUT2D eigenvalue weighted by Crippen LogP contribution is 2.40. The molecule has 1 aliphatic rings. The zero-order chi connectivity index (χ0) is 29.0. The molecular weight excluding hydrogens is 555 g/mol. The van der Waals surface area contributed by atoms with Crippen molar-refractivity contribution in [3.63, 3.8) is 0 Å². The van der Waals surface area contributed by atoms with Crippen molar-refractivity contribution in [2.75, 3.05) is 0 Å². The van der Waals surface area contributed by atoms with Gasteiger partial charge in [-0.05, 0) is 59.2 Å². The second-order valence-electron chi connectivity index (χ2n) is 11.5. The summed E-state index contributed by atoms with van der Waals surface area (Å²) in [5, 5.41) is 13.0. The molecule has 4 heteroatoms. The molecule has 3 heterocycles. The third kappa shape index (κ3) is 4.07. The van der Waals surface area contributed by atoms with E-state index >= 15 is 0 Å². The van der Waals surface area contributed by atoms with Gasteiger partial charge in [-0.3, -0.25) is 5.32 Å². The Morgan fingerprint density at radius 1 is 0.568 bits per heavy atom. The molecule has 2 aromatic heterocycles. The van der Waals surface area contributed by atoms with Crippen LogP contribution >= 0.6 is 11.3 Å². The van der Waals surface area contributed by atoms with Crippen LogP contribution in [0.5, 0.6) is 0 Å². The summed E-state index contributed by atoms with van der Waals surface area (Å²) in [6, 6.07) is 52.6. The van der Waals surface area contributed by atoms with Gasteiger partial charge in [0.1, 0.15) is 6.17 Å². The minimum atomic E-state index is -0.0911. The zero-order valence-corrected chi connectivity index (χ0v) is 24.8. The molecule has 2 atom stereocenters. The topological polar surface area (TPSA) is 29.0 Å². The first-order chi connectivity index (χ1) is 21.8. The van der Waals surface area contributed by atoms with Crippen LogP contribution in [-0.4, -0.2) is 4.57 Å². The number of thiophene rings is 1. The molecule has 0 fully saturated rings. The number of nitrogens with one attached hydrogen (secondary N) is 2. The summed E-state index contributed by atoms with van der Waals surface area (Å²) < 4.78 is 5.08. The third-order valence-corrected chi connectivity index (χ3v) is 10.0. The number of hydrogen-bond acceptors (Lipinski definition) is 3. The van der Waals surface area contributed by atoms with E-state index in [4.69, 9.17) is 0 Å². The molecule has 0 amide bonds.